The van der Waals surface area contributed by atoms with Crippen LogP contribution in [0.5, 0.6) is 28.7 Å². The SMILES string of the molecule is COc1ccc(/C=C/C(=O)N2CCOC(COc3c(C(C)=O)ccc(OC)c3OC)C2)c(Cl)c1OC. The zero-order valence-corrected chi connectivity index (χ0v) is 21.7. The molecule has 2 aromatic rings. The summed E-state index contributed by atoms with van der Waals surface area (Å²) in [5.41, 5.74) is 0.990. The van der Waals surface area contributed by atoms with Crippen LogP contribution in [0, 0.1) is 0 Å². The van der Waals surface area contributed by atoms with Gasteiger partial charge in [-0.1, -0.05) is 11.6 Å². The normalized spacial score (nSPS) is 15.5. The van der Waals surface area contributed by atoms with Crippen LogP contribution in [-0.4, -0.2) is 77.4 Å². The van der Waals surface area contributed by atoms with E-state index in [2.05, 4.69) is 0 Å². The van der Waals surface area contributed by atoms with Crippen molar-refractivity contribution in [2.45, 2.75) is 13.0 Å². The van der Waals surface area contributed by atoms with Gasteiger partial charge in [0.25, 0.3) is 0 Å². The first-order chi connectivity index (χ1) is 17.3. The summed E-state index contributed by atoms with van der Waals surface area (Å²) in [7, 11) is 6.00. The molecule has 0 radical (unpaired) electrons. The van der Waals surface area contributed by atoms with Gasteiger partial charge >= 0.3 is 0 Å². The van der Waals surface area contributed by atoms with Crippen molar-refractivity contribution in [1.82, 2.24) is 4.90 Å². The molecule has 1 fully saturated rings. The zero-order valence-electron chi connectivity index (χ0n) is 21.0. The molecule has 1 saturated heterocycles. The smallest absolute Gasteiger partial charge is 0.246 e. The lowest BCUT2D eigenvalue weighted by Crippen LogP contribution is -2.47. The number of Topliss-reactive ketones (excluding diaryl/α,β-unsaturated/α-hetero) is 1. The van der Waals surface area contributed by atoms with Gasteiger partial charge in [0.05, 0.1) is 52.2 Å². The summed E-state index contributed by atoms with van der Waals surface area (Å²) in [4.78, 5) is 26.7. The predicted octanol–water partition coefficient (Wildman–Crippen LogP) is 3.90. The van der Waals surface area contributed by atoms with Crippen LogP contribution in [0.3, 0.4) is 0 Å². The molecule has 1 amide bonds. The molecule has 2 aromatic carbocycles. The minimum absolute atomic E-state index is 0.110. The molecule has 10 heteroatoms. The number of carbonyl (C=O) groups is 2. The molecule has 1 aliphatic rings. The minimum Gasteiger partial charge on any atom is -0.493 e. The van der Waals surface area contributed by atoms with Gasteiger partial charge in [-0.2, -0.15) is 0 Å². The molecule has 194 valence electrons. The Labute approximate surface area is 215 Å². The van der Waals surface area contributed by atoms with E-state index in [9.17, 15) is 9.59 Å². The average molecular weight is 520 g/mol. The number of amides is 1. The van der Waals surface area contributed by atoms with Gasteiger partial charge in [-0.25, -0.2) is 0 Å². The van der Waals surface area contributed by atoms with E-state index in [1.165, 1.54) is 41.4 Å². The quantitative estimate of drug-likeness (QED) is 0.345. The lowest BCUT2D eigenvalue weighted by molar-refractivity contribution is -0.134. The molecule has 0 N–H and O–H groups in total. The molecule has 1 unspecified atom stereocenters. The topological polar surface area (TPSA) is 92.8 Å². The Morgan fingerprint density at radius 1 is 1.00 bits per heavy atom. The van der Waals surface area contributed by atoms with E-state index >= 15 is 0 Å². The number of halogens is 1. The number of benzene rings is 2. The highest BCUT2D eigenvalue weighted by Gasteiger charge is 2.26. The van der Waals surface area contributed by atoms with Crippen molar-refractivity contribution in [3.05, 3.63) is 46.5 Å². The molecule has 36 heavy (non-hydrogen) atoms. The Bertz CT molecular complexity index is 1130. The summed E-state index contributed by atoms with van der Waals surface area (Å²) < 4.78 is 33.1. The van der Waals surface area contributed by atoms with E-state index < -0.39 is 6.10 Å². The van der Waals surface area contributed by atoms with Gasteiger partial charge in [0.1, 0.15) is 12.7 Å². The van der Waals surface area contributed by atoms with Crippen LogP contribution < -0.4 is 23.7 Å². The molecule has 0 spiro atoms. The third-order valence-corrected chi connectivity index (χ3v) is 6.05. The van der Waals surface area contributed by atoms with E-state index in [1.54, 1.807) is 35.2 Å². The molecule has 3 rings (SSSR count). The average Bonchev–Trinajstić information content (AvgIpc) is 2.90. The zero-order chi connectivity index (χ0) is 26.2. The standard InChI is InChI=1S/C26H30ClNO8/c1-16(29)19-8-10-21(32-3)26(34-5)24(19)36-15-18-14-28(12-13-35-18)22(30)11-7-17-6-9-20(31-2)25(33-4)23(17)27/h6-11,18H,12-15H2,1-5H3/b11-7+. The predicted molar refractivity (Wildman–Crippen MR) is 135 cm³/mol. The fourth-order valence-electron chi connectivity index (χ4n) is 3.82. The first-order valence-electron chi connectivity index (χ1n) is 11.2. The summed E-state index contributed by atoms with van der Waals surface area (Å²) in [5.74, 6) is 1.57. The van der Waals surface area contributed by atoms with Crippen LogP contribution in [-0.2, 0) is 9.53 Å². The first kappa shape index (κ1) is 27.2. The number of ether oxygens (including phenoxy) is 6. The van der Waals surface area contributed by atoms with Crippen molar-refractivity contribution in [3.63, 3.8) is 0 Å². The van der Waals surface area contributed by atoms with Gasteiger partial charge in [-0.05, 0) is 42.8 Å². The van der Waals surface area contributed by atoms with Gasteiger partial charge in [0.15, 0.2) is 28.8 Å². The second-order valence-corrected chi connectivity index (χ2v) is 8.24. The summed E-state index contributed by atoms with van der Waals surface area (Å²) >= 11 is 6.41. The monoisotopic (exact) mass is 519 g/mol. The van der Waals surface area contributed by atoms with Gasteiger partial charge in [0.2, 0.25) is 11.7 Å². The van der Waals surface area contributed by atoms with Crippen molar-refractivity contribution >= 4 is 29.4 Å². The van der Waals surface area contributed by atoms with Crippen molar-refractivity contribution in [1.29, 1.82) is 0 Å². The summed E-state index contributed by atoms with van der Waals surface area (Å²) in [6.45, 7) is 2.64. The highest BCUT2D eigenvalue weighted by molar-refractivity contribution is 6.33. The summed E-state index contributed by atoms with van der Waals surface area (Å²) in [5, 5.41) is 0.350. The van der Waals surface area contributed by atoms with E-state index in [0.29, 0.717) is 58.8 Å². The molecule has 1 atom stereocenters. The van der Waals surface area contributed by atoms with Crippen LogP contribution in [0.25, 0.3) is 6.08 Å². The van der Waals surface area contributed by atoms with Crippen molar-refractivity contribution in [2.24, 2.45) is 0 Å². The van der Waals surface area contributed by atoms with Crippen LogP contribution in [0.15, 0.2) is 30.3 Å². The summed E-state index contributed by atoms with van der Waals surface area (Å²) in [6, 6.07) is 6.74. The van der Waals surface area contributed by atoms with Crippen LogP contribution in [0.4, 0.5) is 0 Å². The molecule has 0 bridgehead atoms. The largest absolute Gasteiger partial charge is 0.493 e. The number of hydrogen-bond donors (Lipinski definition) is 0. The number of ketones is 1. The lowest BCUT2D eigenvalue weighted by atomic mass is 10.1. The van der Waals surface area contributed by atoms with Gasteiger partial charge in [-0.15, -0.1) is 0 Å². The van der Waals surface area contributed by atoms with E-state index in [1.807, 2.05) is 0 Å². The Balaban J connectivity index is 1.69. The van der Waals surface area contributed by atoms with Crippen LogP contribution in [0.2, 0.25) is 5.02 Å². The van der Waals surface area contributed by atoms with Crippen LogP contribution in [0.1, 0.15) is 22.8 Å². The summed E-state index contributed by atoms with van der Waals surface area (Å²) in [6.07, 6.45) is 2.68. The minimum atomic E-state index is -0.406. The van der Waals surface area contributed by atoms with Crippen molar-refractivity contribution < 1.29 is 38.0 Å². The molecule has 0 saturated carbocycles. The van der Waals surface area contributed by atoms with E-state index in [-0.39, 0.29) is 24.0 Å². The maximum Gasteiger partial charge on any atom is 0.246 e. The number of nitrogens with zero attached hydrogens (tertiary/aromatic N) is 1. The number of rotatable bonds is 10. The number of morpholine rings is 1. The van der Waals surface area contributed by atoms with E-state index in [4.69, 9.17) is 40.0 Å². The molecular weight excluding hydrogens is 490 g/mol. The molecule has 0 aromatic heterocycles. The third kappa shape index (κ3) is 6.03. The van der Waals surface area contributed by atoms with Crippen molar-refractivity contribution in [3.8, 4) is 28.7 Å². The second-order valence-electron chi connectivity index (χ2n) is 7.86. The molecule has 1 aliphatic heterocycles. The maximum absolute atomic E-state index is 12.9. The Morgan fingerprint density at radius 3 is 2.31 bits per heavy atom. The third-order valence-electron chi connectivity index (χ3n) is 5.66. The van der Waals surface area contributed by atoms with Gasteiger partial charge in [-0.3, -0.25) is 9.59 Å². The molecule has 9 nitrogen and oxygen atoms in total. The maximum atomic E-state index is 12.9. The Hall–Kier alpha value is -3.43. The second kappa shape index (κ2) is 12.5. The Kier molecular flexibility index (Phi) is 9.44. The fourth-order valence-corrected chi connectivity index (χ4v) is 4.11. The highest BCUT2D eigenvalue weighted by Crippen LogP contribution is 2.40. The van der Waals surface area contributed by atoms with Gasteiger partial charge in [0, 0.05) is 12.6 Å². The van der Waals surface area contributed by atoms with Crippen molar-refractivity contribution in [2.75, 3.05) is 54.7 Å². The molecule has 1 heterocycles. The van der Waals surface area contributed by atoms with E-state index in [0.717, 1.165) is 0 Å². The molecular formula is C26H30ClNO8. The van der Waals surface area contributed by atoms with Gasteiger partial charge < -0.3 is 33.3 Å². The molecule has 0 aliphatic carbocycles. The van der Waals surface area contributed by atoms with Crippen LogP contribution >= 0.6 is 11.6 Å². The fraction of sp³-hybridized carbons (Fsp3) is 0.385. The number of methoxy groups -OCH3 is 4. The highest BCUT2D eigenvalue weighted by atomic mass is 35.5. The number of hydrogen-bond acceptors (Lipinski definition) is 8. The lowest BCUT2D eigenvalue weighted by Gasteiger charge is -2.32. The Morgan fingerprint density at radius 2 is 1.67 bits per heavy atom. The number of carbonyl (C=O) groups excluding carboxylic acids is 2. The first-order valence-corrected chi connectivity index (χ1v) is 11.6.